The molecule has 1 aromatic rings. The molecule has 0 saturated carbocycles. The molecule has 1 heterocycles. The monoisotopic (exact) mass is 121 g/mol. The van der Waals surface area contributed by atoms with Crippen LogP contribution >= 0.6 is 0 Å². The second-order valence-corrected chi connectivity index (χ2v) is 1.48. The lowest BCUT2D eigenvalue weighted by atomic mass is 10.3. The summed E-state index contributed by atoms with van der Waals surface area (Å²) in [5.74, 6) is 0. The van der Waals surface area contributed by atoms with E-state index in [0.717, 1.165) is 5.56 Å². The molecule has 0 atom stereocenters. The van der Waals surface area contributed by atoms with Crippen LogP contribution in [0.4, 0.5) is 0 Å². The van der Waals surface area contributed by atoms with E-state index in [0.29, 0.717) is 0 Å². The van der Waals surface area contributed by atoms with Gasteiger partial charge in [-0.2, -0.15) is 0 Å². The molecule has 0 unspecified atom stereocenters. The van der Waals surface area contributed by atoms with Crippen molar-refractivity contribution in [3.8, 4) is 0 Å². The second kappa shape index (κ2) is 3.90. The van der Waals surface area contributed by atoms with E-state index in [1.807, 2.05) is 12.1 Å². The summed E-state index contributed by atoms with van der Waals surface area (Å²) in [4.78, 5) is 3.85. The van der Waals surface area contributed by atoms with Gasteiger partial charge in [0.25, 0.3) is 0 Å². The number of pyridine rings is 1. The minimum absolute atomic E-state index is 0. The van der Waals surface area contributed by atoms with E-state index in [1.165, 1.54) is 0 Å². The third-order valence-corrected chi connectivity index (χ3v) is 0.942. The Hall–Kier alpha value is -1.05. The van der Waals surface area contributed by atoms with Crippen LogP contribution in [-0.2, 0) is 0 Å². The molecule has 0 amide bonds. The van der Waals surface area contributed by atoms with Gasteiger partial charge in [-0.25, -0.2) is 0 Å². The fourth-order valence-electron chi connectivity index (χ4n) is 0.500. The Labute approximate surface area is 58.5 Å². The van der Waals surface area contributed by atoms with Crippen molar-refractivity contribution < 1.29 is 1.43 Å². The van der Waals surface area contributed by atoms with E-state index in [4.69, 9.17) is 0 Å². The van der Waals surface area contributed by atoms with Crippen LogP contribution in [0.2, 0.25) is 0 Å². The van der Waals surface area contributed by atoms with Crippen LogP contribution in [0.15, 0.2) is 31.1 Å². The third-order valence-electron chi connectivity index (χ3n) is 0.942. The lowest BCUT2D eigenvalue weighted by Crippen LogP contribution is -1.69. The van der Waals surface area contributed by atoms with Crippen molar-refractivity contribution in [2.75, 3.05) is 0 Å². The van der Waals surface area contributed by atoms with Gasteiger partial charge in [-0.05, 0) is 17.7 Å². The Bertz CT molecular complexity index is 176. The van der Waals surface area contributed by atoms with Crippen molar-refractivity contribution >= 4 is 14.5 Å². The molecule has 1 aromatic heterocycles. The average molecular weight is 121 g/mol. The SMILES string of the molecule is B.C=Cc1ccncc1.[HH]. The van der Waals surface area contributed by atoms with Gasteiger partial charge in [0.15, 0.2) is 0 Å². The minimum Gasteiger partial charge on any atom is -0.265 e. The molecule has 0 fully saturated rings. The highest BCUT2D eigenvalue weighted by molar-refractivity contribution is 5.75. The van der Waals surface area contributed by atoms with Gasteiger partial charge < -0.3 is 0 Å². The van der Waals surface area contributed by atoms with Crippen molar-refractivity contribution in [3.05, 3.63) is 36.7 Å². The summed E-state index contributed by atoms with van der Waals surface area (Å²) in [6.07, 6.45) is 5.29. The summed E-state index contributed by atoms with van der Waals surface area (Å²) in [6.45, 7) is 3.60. The Morgan fingerprint density at radius 2 is 2.00 bits per heavy atom. The van der Waals surface area contributed by atoms with Gasteiger partial charge in [0.05, 0.1) is 8.41 Å². The lowest BCUT2D eigenvalue weighted by molar-refractivity contribution is 1.32. The molecule has 0 aliphatic carbocycles. The zero-order chi connectivity index (χ0) is 5.82. The van der Waals surface area contributed by atoms with Gasteiger partial charge >= 0.3 is 0 Å². The Kier molecular flexibility index (Phi) is 3.44. The van der Waals surface area contributed by atoms with Crippen LogP contribution < -0.4 is 0 Å². The van der Waals surface area contributed by atoms with E-state index in [9.17, 15) is 0 Å². The first-order chi connectivity index (χ1) is 3.93. The summed E-state index contributed by atoms with van der Waals surface area (Å²) in [7, 11) is 0. The van der Waals surface area contributed by atoms with Crippen LogP contribution in [0.25, 0.3) is 6.08 Å². The number of hydrogen-bond donors (Lipinski definition) is 0. The van der Waals surface area contributed by atoms with Crippen LogP contribution in [0.5, 0.6) is 0 Å². The standard InChI is InChI=1S/C7H7N.BH3.H2/c1-2-7-3-5-8-6-4-7;;/h2-6H,1H2;1H3;1H. The predicted molar refractivity (Wildman–Crippen MR) is 46.4 cm³/mol. The van der Waals surface area contributed by atoms with Gasteiger partial charge in [-0.15, -0.1) is 0 Å². The third kappa shape index (κ3) is 2.13. The highest BCUT2D eigenvalue weighted by atomic mass is 14.6. The van der Waals surface area contributed by atoms with Crippen molar-refractivity contribution in [3.63, 3.8) is 0 Å². The Morgan fingerprint density at radius 1 is 1.44 bits per heavy atom. The van der Waals surface area contributed by atoms with E-state index >= 15 is 0 Å². The highest BCUT2D eigenvalue weighted by Crippen LogP contribution is 1.94. The number of rotatable bonds is 1. The quantitative estimate of drug-likeness (QED) is 0.500. The summed E-state index contributed by atoms with van der Waals surface area (Å²) in [5, 5.41) is 0. The maximum Gasteiger partial charge on any atom is 0.0814 e. The molecule has 0 spiro atoms. The average Bonchev–Trinajstić information content (AvgIpc) is 1.90. The van der Waals surface area contributed by atoms with Crippen molar-refractivity contribution in [1.82, 2.24) is 4.98 Å². The van der Waals surface area contributed by atoms with Gasteiger partial charge in [0.1, 0.15) is 0 Å². The van der Waals surface area contributed by atoms with Crippen LogP contribution in [0.1, 0.15) is 6.99 Å². The first-order valence-electron chi connectivity index (χ1n) is 2.46. The summed E-state index contributed by atoms with van der Waals surface area (Å²) < 4.78 is 0. The smallest absolute Gasteiger partial charge is 0.0814 e. The first-order valence-corrected chi connectivity index (χ1v) is 2.46. The van der Waals surface area contributed by atoms with Crippen LogP contribution in [-0.4, -0.2) is 13.4 Å². The van der Waals surface area contributed by atoms with Crippen LogP contribution in [0, 0.1) is 0 Å². The largest absolute Gasteiger partial charge is 0.265 e. The molecule has 48 valence electrons. The van der Waals surface area contributed by atoms with Gasteiger partial charge in [0.2, 0.25) is 0 Å². The van der Waals surface area contributed by atoms with E-state index in [2.05, 4.69) is 11.6 Å². The molecule has 0 saturated heterocycles. The molecular formula is C7H12BN. The Morgan fingerprint density at radius 3 is 2.33 bits per heavy atom. The molecule has 0 radical (unpaired) electrons. The molecule has 9 heavy (non-hydrogen) atoms. The fraction of sp³-hybridized carbons (Fsp3) is 0. The molecular weight excluding hydrogens is 109 g/mol. The first kappa shape index (κ1) is 7.95. The predicted octanol–water partition coefficient (Wildman–Crippen LogP) is 0.787. The minimum atomic E-state index is 0. The number of aromatic nitrogens is 1. The summed E-state index contributed by atoms with van der Waals surface area (Å²) in [5.41, 5.74) is 1.11. The molecule has 0 bridgehead atoms. The van der Waals surface area contributed by atoms with E-state index < -0.39 is 0 Å². The molecule has 1 nitrogen and oxygen atoms in total. The molecule has 0 aromatic carbocycles. The molecule has 1 rings (SSSR count). The summed E-state index contributed by atoms with van der Waals surface area (Å²) >= 11 is 0. The maximum absolute atomic E-state index is 3.85. The van der Waals surface area contributed by atoms with E-state index in [1.54, 1.807) is 18.5 Å². The van der Waals surface area contributed by atoms with Gasteiger partial charge in [-0.1, -0.05) is 12.7 Å². The van der Waals surface area contributed by atoms with Crippen LogP contribution in [0.3, 0.4) is 0 Å². The Balaban J connectivity index is 0. The number of hydrogen-bond acceptors (Lipinski definition) is 1. The van der Waals surface area contributed by atoms with Crippen molar-refractivity contribution in [2.24, 2.45) is 0 Å². The van der Waals surface area contributed by atoms with E-state index in [-0.39, 0.29) is 9.84 Å². The number of nitrogens with zero attached hydrogens (tertiary/aromatic N) is 1. The van der Waals surface area contributed by atoms with Gasteiger partial charge in [-0.3, -0.25) is 4.98 Å². The molecule has 0 aliphatic heterocycles. The second-order valence-electron chi connectivity index (χ2n) is 1.48. The molecule has 2 heteroatoms. The summed E-state index contributed by atoms with van der Waals surface area (Å²) in [6, 6.07) is 3.82. The topological polar surface area (TPSA) is 12.9 Å². The lowest BCUT2D eigenvalue weighted by Gasteiger charge is -1.84. The fourth-order valence-corrected chi connectivity index (χ4v) is 0.500. The normalized spacial score (nSPS) is 7.56. The van der Waals surface area contributed by atoms with Crippen molar-refractivity contribution in [1.29, 1.82) is 0 Å². The molecule has 0 aliphatic rings. The highest BCUT2D eigenvalue weighted by Gasteiger charge is 1.76. The zero-order valence-electron chi connectivity index (χ0n) is 4.54. The molecule has 0 N–H and O–H groups in total. The van der Waals surface area contributed by atoms with Gasteiger partial charge in [0, 0.05) is 13.8 Å². The zero-order valence-corrected chi connectivity index (χ0v) is 4.54. The van der Waals surface area contributed by atoms with Crippen molar-refractivity contribution in [2.45, 2.75) is 0 Å². The maximum atomic E-state index is 3.85.